The zero-order valence-electron chi connectivity index (χ0n) is 16.4. The molecule has 4 rings (SSSR count). The highest BCUT2D eigenvalue weighted by Crippen LogP contribution is 2.31. The molecule has 1 saturated heterocycles. The monoisotopic (exact) mass is 389 g/mol. The van der Waals surface area contributed by atoms with E-state index in [-0.39, 0.29) is 11.9 Å². The highest BCUT2D eigenvalue weighted by Gasteiger charge is 2.26. The predicted octanol–water partition coefficient (Wildman–Crippen LogP) is 2.36. The Morgan fingerprint density at radius 3 is 2.62 bits per heavy atom. The van der Waals surface area contributed by atoms with Crippen LogP contribution in [0.15, 0.2) is 48.7 Å². The Bertz CT molecular complexity index is 1180. The van der Waals surface area contributed by atoms with Crippen molar-refractivity contribution in [3.8, 4) is 6.07 Å². The maximum Gasteiger partial charge on any atom is 0.415 e. The summed E-state index contributed by atoms with van der Waals surface area (Å²) in [6.45, 7) is 2.58. The van der Waals surface area contributed by atoms with E-state index in [1.807, 2.05) is 36.0 Å². The predicted molar refractivity (Wildman–Crippen MR) is 106 cm³/mol. The van der Waals surface area contributed by atoms with Crippen LogP contribution < -0.4 is 4.57 Å². The summed E-state index contributed by atoms with van der Waals surface area (Å²) < 4.78 is 4.73. The molecule has 0 atom stereocenters. The molecule has 1 aliphatic heterocycles. The second-order valence-electron chi connectivity index (χ2n) is 7.16. The number of hydrogen-bond acceptors (Lipinski definition) is 4. The summed E-state index contributed by atoms with van der Waals surface area (Å²) in [6, 6.07) is 7.83. The number of nitriles is 1. The Balaban J connectivity index is 1.62. The average Bonchev–Trinajstić information content (AvgIpc) is 3.35. The number of fused-ring (bicyclic) bond motifs is 1. The number of likely N-dealkylation sites (tertiary alicyclic amines) is 1. The van der Waals surface area contributed by atoms with E-state index >= 15 is 0 Å². The van der Waals surface area contributed by atoms with E-state index in [2.05, 4.69) is 11.2 Å². The van der Waals surface area contributed by atoms with Crippen molar-refractivity contribution in [1.29, 1.82) is 5.26 Å². The maximum absolute atomic E-state index is 12.6. The van der Waals surface area contributed by atoms with E-state index < -0.39 is 0 Å². The van der Waals surface area contributed by atoms with Crippen molar-refractivity contribution < 1.29 is 14.2 Å². The molecule has 0 radical (unpaired) electrons. The summed E-state index contributed by atoms with van der Waals surface area (Å²) in [5, 5.41) is 14.8. The number of imidazole rings is 1. The molecule has 0 unspecified atom stereocenters. The Morgan fingerprint density at radius 2 is 2.00 bits per heavy atom. The second kappa shape index (κ2) is 7.36. The standard InChI is InChI=1S/C21H21N6O2/c1-15(28)27-20-5-3-4-17(19(20)13-23-27)18(12-22)16-6-8-25(9-7-16)21(29)26-11-10-24(2)14-26/h3-5,10-11,13-14H,6-9H2,1-2H3/q+1. The van der Waals surface area contributed by atoms with Crippen LogP contribution >= 0.6 is 0 Å². The van der Waals surface area contributed by atoms with E-state index in [1.54, 1.807) is 28.2 Å². The van der Waals surface area contributed by atoms with Crippen LogP contribution in [0.2, 0.25) is 0 Å². The zero-order valence-corrected chi connectivity index (χ0v) is 16.4. The number of aromatic nitrogens is 4. The minimum atomic E-state index is -0.173. The number of nitrogens with zero attached hydrogens (tertiary/aromatic N) is 6. The molecule has 1 aromatic carbocycles. The molecule has 3 heterocycles. The molecule has 0 spiro atoms. The van der Waals surface area contributed by atoms with E-state index in [0.717, 1.165) is 16.5 Å². The van der Waals surface area contributed by atoms with E-state index in [9.17, 15) is 14.9 Å². The van der Waals surface area contributed by atoms with Crippen molar-refractivity contribution >= 4 is 28.4 Å². The molecule has 0 bridgehead atoms. The normalized spacial score (nSPS) is 14.1. The lowest BCUT2D eigenvalue weighted by Gasteiger charge is -2.27. The van der Waals surface area contributed by atoms with E-state index in [4.69, 9.17) is 0 Å². The highest BCUT2D eigenvalue weighted by atomic mass is 16.2. The molecule has 0 N–H and O–H groups in total. The third-order valence-corrected chi connectivity index (χ3v) is 5.27. The molecule has 1 fully saturated rings. The molecule has 29 heavy (non-hydrogen) atoms. The van der Waals surface area contributed by atoms with Crippen LogP contribution in [0.3, 0.4) is 0 Å². The zero-order chi connectivity index (χ0) is 20.5. The molecule has 1 aliphatic rings. The largest absolute Gasteiger partial charge is 0.415 e. The fourth-order valence-electron chi connectivity index (χ4n) is 3.79. The Morgan fingerprint density at radius 1 is 1.24 bits per heavy atom. The summed E-state index contributed by atoms with van der Waals surface area (Å²) >= 11 is 0. The van der Waals surface area contributed by atoms with Gasteiger partial charge in [0, 0.05) is 31.0 Å². The first kappa shape index (κ1) is 18.6. The molecule has 8 nitrogen and oxygen atoms in total. The molecule has 0 saturated carbocycles. The van der Waals surface area contributed by atoms with Gasteiger partial charge in [-0.1, -0.05) is 12.1 Å². The molecular weight excluding hydrogens is 368 g/mol. The van der Waals surface area contributed by atoms with Gasteiger partial charge in [-0.15, -0.1) is 0 Å². The molecule has 2 aromatic heterocycles. The minimum Gasteiger partial charge on any atom is -0.304 e. The summed E-state index contributed by atoms with van der Waals surface area (Å²) in [7, 11) is 1.87. The number of carbonyl (C=O) groups excluding carboxylic acids is 2. The lowest BCUT2D eigenvalue weighted by Crippen LogP contribution is -2.39. The molecule has 1 amide bonds. The van der Waals surface area contributed by atoms with Crippen LogP contribution in [0.1, 0.15) is 30.1 Å². The molecule has 3 aromatic rings. The van der Waals surface area contributed by atoms with Crippen LogP contribution in [0.5, 0.6) is 0 Å². The fraction of sp³-hybridized carbons (Fsp3) is 0.286. The van der Waals surface area contributed by atoms with Crippen molar-refractivity contribution in [3.05, 3.63) is 54.3 Å². The van der Waals surface area contributed by atoms with E-state index in [0.29, 0.717) is 37.0 Å². The van der Waals surface area contributed by atoms with Gasteiger partial charge in [0.25, 0.3) is 6.33 Å². The number of aryl methyl sites for hydroxylation is 1. The van der Waals surface area contributed by atoms with Gasteiger partial charge >= 0.3 is 6.03 Å². The van der Waals surface area contributed by atoms with Crippen molar-refractivity contribution in [1.82, 2.24) is 19.2 Å². The van der Waals surface area contributed by atoms with Gasteiger partial charge < -0.3 is 4.90 Å². The topological polar surface area (TPSA) is 87.8 Å². The lowest BCUT2D eigenvalue weighted by molar-refractivity contribution is -0.670. The smallest absolute Gasteiger partial charge is 0.304 e. The number of amides is 1. The van der Waals surface area contributed by atoms with Crippen LogP contribution in [0.4, 0.5) is 4.79 Å². The van der Waals surface area contributed by atoms with Gasteiger partial charge in [-0.3, -0.25) is 4.79 Å². The van der Waals surface area contributed by atoms with Crippen molar-refractivity contribution in [3.63, 3.8) is 0 Å². The van der Waals surface area contributed by atoms with Crippen LogP contribution in [0.25, 0.3) is 16.5 Å². The SMILES string of the molecule is CC(=O)n1ncc2c(C(C#N)=C3CCN(C(=O)n4cc[n+](C)c4)CC3)cccc21. The number of hydrogen-bond donors (Lipinski definition) is 0. The van der Waals surface area contributed by atoms with Crippen LogP contribution in [0, 0.1) is 11.3 Å². The average molecular weight is 389 g/mol. The number of carbonyl (C=O) groups is 2. The highest BCUT2D eigenvalue weighted by molar-refractivity contribution is 5.99. The van der Waals surface area contributed by atoms with Crippen molar-refractivity contribution in [2.45, 2.75) is 19.8 Å². The number of piperidine rings is 1. The maximum atomic E-state index is 12.6. The van der Waals surface area contributed by atoms with Gasteiger partial charge in [0.1, 0.15) is 12.4 Å². The number of rotatable bonds is 1. The molecule has 146 valence electrons. The Labute approximate surface area is 167 Å². The Hall–Kier alpha value is -3.73. The van der Waals surface area contributed by atoms with Gasteiger partial charge in [-0.2, -0.15) is 14.9 Å². The molecule has 8 heteroatoms. The number of benzene rings is 1. The first-order chi connectivity index (χ1) is 14.0. The first-order valence-corrected chi connectivity index (χ1v) is 9.42. The van der Waals surface area contributed by atoms with Gasteiger partial charge in [0.15, 0.2) is 0 Å². The summed E-state index contributed by atoms with van der Waals surface area (Å²) in [5.74, 6) is -0.173. The van der Waals surface area contributed by atoms with E-state index in [1.165, 1.54) is 11.6 Å². The van der Waals surface area contributed by atoms with Gasteiger partial charge in [0.05, 0.1) is 30.4 Å². The summed E-state index contributed by atoms with van der Waals surface area (Å²) in [6.07, 6.45) is 8.21. The lowest BCUT2D eigenvalue weighted by atomic mass is 9.92. The molecular formula is C21H21N6O2+. The van der Waals surface area contributed by atoms with Crippen molar-refractivity contribution in [2.24, 2.45) is 7.05 Å². The van der Waals surface area contributed by atoms with Crippen LogP contribution in [-0.4, -0.2) is 44.3 Å². The summed E-state index contributed by atoms with van der Waals surface area (Å²) in [5.41, 5.74) is 3.11. The molecule has 0 aliphatic carbocycles. The fourth-order valence-corrected chi connectivity index (χ4v) is 3.79. The minimum absolute atomic E-state index is 0.0620. The summed E-state index contributed by atoms with van der Waals surface area (Å²) in [4.78, 5) is 26.2. The second-order valence-corrected chi connectivity index (χ2v) is 7.16. The van der Waals surface area contributed by atoms with Crippen LogP contribution in [-0.2, 0) is 7.05 Å². The third kappa shape index (κ3) is 3.31. The first-order valence-electron chi connectivity index (χ1n) is 9.42. The third-order valence-electron chi connectivity index (χ3n) is 5.27. The van der Waals surface area contributed by atoms with Crippen molar-refractivity contribution in [2.75, 3.05) is 13.1 Å². The van der Waals surface area contributed by atoms with Gasteiger partial charge in [0.2, 0.25) is 5.91 Å². The van der Waals surface area contributed by atoms with Gasteiger partial charge in [-0.05, 0) is 24.5 Å². The Kier molecular flexibility index (Phi) is 4.72. The number of allylic oxidation sites excluding steroid dienone is 1. The van der Waals surface area contributed by atoms with Gasteiger partial charge in [-0.25, -0.2) is 14.0 Å². The quantitative estimate of drug-likeness (QED) is 0.472.